The molecule has 1 saturated carbocycles. The number of ether oxygens (including phenoxy) is 2. The van der Waals surface area contributed by atoms with E-state index in [0.29, 0.717) is 17.3 Å². The van der Waals surface area contributed by atoms with Crippen LogP contribution in [0.3, 0.4) is 0 Å². The summed E-state index contributed by atoms with van der Waals surface area (Å²) < 4.78 is 11.7. The molecule has 2 aliphatic rings. The lowest BCUT2D eigenvalue weighted by atomic mass is 9.57. The minimum Gasteiger partial charge on any atom is -0.493 e. The Kier molecular flexibility index (Phi) is 3.93. The largest absolute Gasteiger partial charge is 0.493 e. The highest BCUT2D eigenvalue weighted by Gasteiger charge is 2.53. The van der Waals surface area contributed by atoms with Crippen LogP contribution in [0.5, 0.6) is 11.5 Å². The third kappa shape index (κ3) is 2.28. The van der Waals surface area contributed by atoms with Gasteiger partial charge in [0.1, 0.15) is 0 Å². The maximum absolute atomic E-state index is 5.93. The molecule has 2 heteroatoms. The van der Waals surface area contributed by atoms with E-state index in [9.17, 15) is 0 Å². The van der Waals surface area contributed by atoms with Gasteiger partial charge < -0.3 is 9.47 Å². The molecule has 0 saturated heterocycles. The van der Waals surface area contributed by atoms with Gasteiger partial charge in [-0.1, -0.05) is 47.1 Å². The van der Waals surface area contributed by atoms with Crippen molar-refractivity contribution < 1.29 is 9.47 Å². The predicted molar refractivity (Wildman–Crippen MR) is 95.8 cm³/mol. The maximum atomic E-state index is 5.93. The van der Waals surface area contributed by atoms with Gasteiger partial charge in [0.25, 0.3) is 0 Å². The molecular weight excluding hydrogens is 284 g/mol. The molecule has 1 aromatic rings. The zero-order chi connectivity index (χ0) is 17.0. The molecule has 0 bridgehead atoms. The Balaban J connectivity index is 2.25. The summed E-state index contributed by atoms with van der Waals surface area (Å²) in [5.74, 6) is 3.08. The molecule has 0 radical (unpaired) electrons. The fourth-order valence-electron chi connectivity index (χ4n) is 5.48. The summed E-state index contributed by atoms with van der Waals surface area (Å²) in [7, 11) is 3.57. The molecule has 1 aromatic carbocycles. The first-order chi connectivity index (χ1) is 10.8. The van der Waals surface area contributed by atoms with Crippen LogP contribution in [-0.4, -0.2) is 14.2 Å². The van der Waals surface area contributed by atoms with E-state index < -0.39 is 0 Å². The molecule has 0 heterocycles. The highest BCUT2D eigenvalue weighted by Crippen LogP contribution is 2.62. The third-order valence-corrected chi connectivity index (χ3v) is 6.60. The van der Waals surface area contributed by atoms with Gasteiger partial charge in [-0.15, -0.1) is 0 Å². The quantitative estimate of drug-likeness (QED) is 0.736. The van der Waals surface area contributed by atoms with Crippen molar-refractivity contribution >= 4 is 0 Å². The van der Waals surface area contributed by atoms with Gasteiger partial charge in [0, 0.05) is 16.5 Å². The van der Waals surface area contributed by atoms with Crippen molar-refractivity contribution in [3.05, 3.63) is 22.8 Å². The Hall–Kier alpha value is -1.18. The smallest absolute Gasteiger partial charge is 0.165 e. The minimum atomic E-state index is 0.214. The van der Waals surface area contributed by atoms with Crippen LogP contribution in [0.25, 0.3) is 0 Å². The molecule has 1 fully saturated rings. The van der Waals surface area contributed by atoms with Crippen molar-refractivity contribution in [3.8, 4) is 11.5 Å². The lowest BCUT2D eigenvalue weighted by molar-refractivity contribution is 0.0690. The topological polar surface area (TPSA) is 18.5 Å². The average molecular weight is 316 g/mol. The molecule has 0 unspecified atom stereocenters. The van der Waals surface area contributed by atoms with Gasteiger partial charge in [-0.05, 0) is 42.1 Å². The third-order valence-electron chi connectivity index (χ3n) is 6.60. The zero-order valence-corrected chi connectivity index (χ0v) is 15.9. The van der Waals surface area contributed by atoms with Crippen LogP contribution >= 0.6 is 0 Å². The molecule has 3 rings (SSSR count). The standard InChI is InChI=1S/C21H32O2/c1-13(2)15-11-14-12-16-20(3,4)9-8-10-21(16,5)17(14)19(23-7)18(15)22-6/h11,13,16H,8-10,12H2,1-7H3/t16-,21+/m1/s1. The summed E-state index contributed by atoms with van der Waals surface area (Å²) in [5.41, 5.74) is 4.81. The zero-order valence-electron chi connectivity index (χ0n) is 15.9. The molecule has 0 amide bonds. The predicted octanol–water partition coefficient (Wildman–Crippen LogP) is 5.47. The van der Waals surface area contributed by atoms with Gasteiger partial charge in [0.05, 0.1) is 14.2 Å². The maximum Gasteiger partial charge on any atom is 0.165 e. The van der Waals surface area contributed by atoms with Gasteiger partial charge in [0.2, 0.25) is 0 Å². The van der Waals surface area contributed by atoms with Crippen molar-refractivity contribution in [1.29, 1.82) is 0 Å². The van der Waals surface area contributed by atoms with E-state index in [1.54, 1.807) is 14.2 Å². The molecule has 128 valence electrons. The first kappa shape index (κ1) is 16.7. The van der Waals surface area contributed by atoms with E-state index in [1.807, 2.05) is 0 Å². The normalized spacial score (nSPS) is 28.4. The van der Waals surface area contributed by atoms with Crippen LogP contribution in [0.4, 0.5) is 0 Å². The molecule has 2 aliphatic carbocycles. The second-order valence-corrected chi connectivity index (χ2v) is 8.74. The number of fused-ring (bicyclic) bond motifs is 3. The summed E-state index contributed by atoms with van der Waals surface area (Å²) in [4.78, 5) is 0. The number of hydrogen-bond donors (Lipinski definition) is 0. The van der Waals surface area contributed by atoms with E-state index >= 15 is 0 Å². The van der Waals surface area contributed by atoms with Crippen LogP contribution in [0.1, 0.15) is 76.5 Å². The molecule has 2 nitrogen and oxygen atoms in total. The van der Waals surface area contributed by atoms with Gasteiger partial charge in [-0.3, -0.25) is 0 Å². The van der Waals surface area contributed by atoms with Crippen LogP contribution in [0.2, 0.25) is 0 Å². The van der Waals surface area contributed by atoms with E-state index in [-0.39, 0.29) is 5.41 Å². The Labute approximate surface area is 141 Å². The number of methoxy groups -OCH3 is 2. The molecular formula is C21H32O2. The summed E-state index contributed by atoms with van der Waals surface area (Å²) in [6.45, 7) is 11.8. The Morgan fingerprint density at radius 1 is 1.04 bits per heavy atom. The molecule has 0 spiro atoms. The van der Waals surface area contributed by atoms with Crippen LogP contribution in [0, 0.1) is 11.3 Å². The van der Waals surface area contributed by atoms with E-state index in [1.165, 1.54) is 42.4 Å². The molecule has 0 N–H and O–H groups in total. The van der Waals surface area contributed by atoms with E-state index in [2.05, 4.69) is 40.7 Å². The molecule has 23 heavy (non-hydrogen) atoms. The molecule has 0 aromatic heterocycles. The Morgan fingerprint density at radius 3 is 2.26 bits per heavy atom. The van der Waals surface area contributed by atoms with E-state index in [4.69, 9.17) is 9.47 Å². The second-order valence-electron chi connectivity index (χ2n) is 8.74. The van der Waals surface area contributed by atoms with Gasteiger partial charge in [0.15, 0.2) is 11.5 Å². The van der Waals surface area contributed by atoms with E-state index in [0.717, 1.165) is 11.5 Å². The first-order valence-electron chi connectivity index (χ1n) is 9.04. The molecule has 2 atom stereocenters. The van der Waals surface area contributed by atoms with Gasteiger partial charge in [-0.2, -0.15) is 0 Å². The van der Waals surface area contributed by atoms with Crippen LogP contribution in [0.15, 0.2) is 6.07 Å². The highest BCUT2D eigenvalue weighted by molar-refractivity contribution is 5.62. The summed E-state index contributed by atoms with van der Waals surface area (Å²) in [6, 6.07) is 2.40. The number of rotatable bonds is 3. The fourth-order valence-corrected chi connectivity index (χ4v) is 5.48. The fraction of sp³-hybridized carbons (Fsp3) is 0.714. The van der Waals surface area contributed by atoms with Crippen LogP contribution in [-0.2, 0) is 11.8 Å². The monoisotopic (exact) mass is 316 g/mol. The van der Waals surface area contributed by atoms with Gasteiger partial charge in [-0.25, -0.2) is 0 Å². The Bertz CT molecular complexity index is 615. The van der Waals surface area contributed by atoms with Crippen molar-refractivity contribution in [2.24, 2.45) is 11.3 Å². The first-order valence-corrected chi connectivity index (χ1v) is 9.04. The van der Waals surface area contributed by atoms with Crippen molar-refractivity contribution in [1.82, 2.24) is 0 Å². The summed E-state index contributed by atoms with van der Waals surface area (Å²) in [6.07, 6.45) is 5.07. The Morgan fingerprint density at radius 2 is 1.70 bits per heavy atom. The summed E-state index contributed by atoms with van der Waals surface area (Å²) in [5, 5.41) is 0. The number of benzene rings is 1. The number of hydrogen-bond acceptors (Lipinski definition) is 2. The lowest BCUT2D eigenvalue weighted by Crippen LogP contribution is -2.42. The SMILES string of the molecule is COc1c(C(C)C)cc2c(c1OC)[C@@]1(C)CCCC(C)(C)[C@H]1C2. The lowest BCUT2D eigenvalue weighted by Gasteiger charge is -2.48. The van der Waals surface area contributed by atoms with Gasteiger partial charge >= 0.3 is 0 Å². The van der Waals surface area contributed by atoms with Crippen molar-refractivity contribution in [2.45, 2.75) is 71.6 Å². The van der Waals surface area contributed by atoms with Crippen molar-refractivity contribution in [2.75, 3.05) is 14.2 Å². The second kappa shape index (κ2) is 5.43. The minimum absolute atomic E-state index is 0.214. The highest BCUT2D eigenvalue weighted by atomic mass is 16.5. The van der Waals surface area contributed by atoms with Crippen LogP contribution < -0.4 is 9.47 Å². The summed E-state index contributed by atoms with van der Waals surface area (Å²) >= 11 is 0. The van der Waals surface area contributed by atoms with Crippen molar-refractivity contribution in [3.63, 3.8) is 0 Å². The average Bonchev–Trinajstić information content (AvgIpc) is 2.79. The molecule has 0 aliphatic heterocycles.